The van der Waals surface area contributed by atoms with Crippen molar-refractivity contribution in [2.45, 2.75) is 19.1 Å². The minimum Gasteiger partial charge on any atom is -0.480 e. The third kappa shape index (κ3) is 3.14. The van der Waals surface area contributed by atoms with Crippen LogP contribution in [-0.2, 0) is 9.59 Å². The first kappa shape index (κ1) is 17.6. The van der Waals surface area contributed by atoms with E-state index in [1.165, 1.54) is 0 Å². The number of hydrogen-bond donors (Lipinski definition) is 3. The number of rotatable bonds is 3. The molecule has 2 unspecified atom stereocenters. The summed E-state index contributed by atoms with van der Waals surface area (Å²) in [5.74, 6) is -2.59. The van der Waals surface area contributed by atoms with Crippen LogP contribution in [0.5, 0.6) is 0 Å². The first-order valence-electron chi connectivity index (χ1n) is 7.96. The van der Waals surface area contributed by atoms with E-state index in [2.05, 4.69) is 10.3 Å². The Balaban J connectivity index is 1.95. The van der Waals surface area contributed by atoms with E-state index in [1.54, 1.807) is 19.2 Å². The van der Waals surface area contributed by atoms with Gasteiger partial charge in [0.05, 0.1) is 11.6 Å². The number of nitrogens with zero attached hydrogens (tertiary/aromatic N) is 2. The maximum absolute atomic E-state index is 12.6. The highest BCUT2D eigenvalue weighted by molar-refractivity contribution is 6.00. The molecule has 1 aliphatic rings. The van der Waals surface area contributed by atoms with Crippen LogP contribution in [0.3, 0.4) is 0 Å². The number of imide groups is 1. The number of hydrogen-bond acceptors (Lipinski definition) is 5. The van der Waals surface area contributed by atoms with E-state index < -0.39 is 36.6 Å². The number of amides is 3. The van der Waals surface area contributed by atoms with Crippen molar-refractivity contribution in [2.24, 2.45) is 0 Å². The van der Waals surface area contributed by atoms with Gasteiger partial charge in [0.15, 0.2) is 6.23 Å². The minimum absolute atomic E-state index is 0.197. The number of carboxylic acid groups (broad SMARTS) is 1. The highest BCUT2D eigenvalue weighted by Gasteiger charge is 2.41. The standard InChI is InChI=1S/C18H17N3O5/c1-10-13-7-12(11-5-3-2-4-6-11)8-19-15(13)17(25)21(16(10)24)18(26)20-9-14(22)23/h2-8,10,17,25H,9H2,1H3,(H,20,26)(H,22,23). The second-order valence-corrected chi connectivity index (χ2v) is 5.92. The summed E-state index contributed by atoms with van der Waals surface area (Å²) in [5.41, 5.74) is 2.44. The molecule has 8 heteroatoms. The Morgan fingerprint density at radius 3 is 2.58 bits per heavy atom. The van der Waals surface area contributed by atoms with Gasteiger partial charge in [0.1, 0.15) is 6.54 Å². The molecule has 2 aromatic rings. The molecule has 0 spiro atoms. The molecule has 0 saturated carbocycles. The molecule has 2 atom stereocenters. The van der Waals surface area contributed by atoms with Gasteiger partial charge in [-0.1, -0.05) is 30.3 Å². The molecule has 0 saturated heterocycles. The lowest BCUT2D eigenvalue weighted by molar-refractivity contribution is -0.141. The molecule has 0 radical (unpaired) electrons. The van der Waals surface area contributed by atoms with Crippen LogP contribution in [0.15, 0.2) is 42.6 Å². The van der Waals surface area contributed by atoms with Crippen molar-refractivity contribution in [2.75, 3.05) is 6.54 Å². The molecule has 134 valence electrons. The Bertz CT molecular complexity index is 868. The van der Waals surface area contributed by atoms with Crippen LogP contribution in [0.1, 0.15) is 30.3 Å². The number of benzene rings is 1. The molecule has 26 heavy (non-hydrogen) atoms. The number of urea groups is 1. The maximum atomic E-state index is 12.6. The number of carbonyl (C=O) groups excluding carboxylic acids is 2. The first-order chi connectivity index (χ1) is 12.4. The lowest BCUT2D eigenvalue weighted by atomic mass is 9.90. The van der Waals surface area contributed by atoms with Crippen molar-refractivity contribution in [3.63, 3.8) is 0 Å². The fourth-order valence-corrected chi connectivity index (χ4v) is 2.88. The van der Waals surface area contributed by atoms with Crippen LogP contribution in [0.25, 0.3) is 11.1 Å². The predicted octanol–water partition coefficient (Wildman–Crippen LogP) is 1.48. The molecule has 3 rings (SSSR count). The zero-order valence-corrected chi connectivity index (χ0v) is 13.9. The molecule has 1 aromatic carbocycles. The van der Waals surface area contributed by atoms with Gasteiger partial charge in [-0.15, -0.1) is 0 Å². The molecule has 1 aromatic heterocycles. The Morgan fingerprint density at radius 1 is 1.23 bits per heavy atom. The first-order valence-corrected chi connectivity index (χ1v) is 7.96. The predicted molar refractivity (Wildman–Crippen MR) is 90.9 cm³/mol. The average molecular weight is 355 g/mol. The number of carboxylic acids is 1. The Hall–Kier alpha value is -3.26. The van der Waals surface area contributed by atoms with Gasteiger partial charge in [-0.3, -0.25) is 14.6 Å². The number of aliphatic carboxylic acids is 1. The van der Waals surface area contributed by atoms with Gasteiger partial charge in [-0.05, 0) is 24.1 Å². The van der Waals surface area contributed by atoms with Crippen LogP contribution in [0.4, 0.5) is 4.79 Å². The fourth-order valence-electron chi connectivity index (χ4n) is 2.88. The number of nitrogens with one attached hydrogen (secondary N) is 1. The van der Waals surface area contributed by atoms with Gasteiger partial charge in [-0.2, -0.15) is 0 Å². The summed E-state index contributed by atoms with van der Waals surface area (Å²) < 4.78 is 0. The third-order valence-corrected chi connectivity index (χ3v) is 4.23. The second-order valence-electron chi connectivity index (χ2n) is 5.92. The van der Waals surface area contributed by atoms with E-state index in [0.717, 1.165) is 11.1 Å². The summed E-state index contributed by atoms with van der Waals surface area (Å²) in [6, 6.07) is 10.3. The van der Waals surface area contributed by atoms with Crippen molar-refractivity contribution in [3.05, 3.63) is 53.9 Å². The van der Waals surface area contributed by atoms with Crippen molar-refractivity contribution in [3.8, 4) is 11.1 Å². The molecule has 3 N–H and O–H groups in total. The SMILES string of the molecule is CC1C(=O)N(C(=O)NCC(=O)O)C(O)c2ncc(-c3ccccc3)cc21. The van der Waals surface area contributed by atoms with Crippen LogP contribution in [-0.4, -0.2) is 44.5 Å². The smallest absolute Gasteiger partial charge is 0.327 e. The minimum atomic E-state index is -1.58. The molecule has 0 aliphatic carbocycles. The van der Waals surface area contributed by atoms with Crippen molar-refractivity contribution in [1.82, 2.24) is 15.2 Å². The normalized spacial score (nSPS) is 19.0. The summed E-state index contributed by atoms with van der Waals surface area (Å²) >= 11 is 0. The molecule has 8 nitrogen and oxygen atoms in total. The number of carbonyl (C=O) groups is 3. The highest BCUT2D eigenvalue weighted by atomic mass is 16.4. The van der Waals surface area contributed by atoms with E-state index in [1.807, 2.05) is 30.3 Å². The molecule has 0 bridgehead atoms. The molecule has 1 aliphatic heterocycles. The van der Waals surface area contributed by atoms with Gasteiger partial charge >= 0.3 is 12.0 Å². The second kappa shape index (κ2) is 6.93. The summed E-state index contributed by atoms with van der Waals surface area (Å²) in [6.45, 7) is 0.956. The van der Waals surface area contributed by atoms with E-state index in [9.17, 15) is 19.5 Å². The topological polar surface area (TPSA) is 120 Å². The number of pyridine rings is 1. The Kier molecular flexibility index (Phi) is 4.68. The number of aromatic nitrogens is 1. The monoisotopic (exact) mass is 355 g/mol. The van der Waals surface area contributed by atoms with Gasteiger partial charge < -0.3 is 15.5 Å². The number of aliphatic hydroxyl groups is 1. The van der Waals surface area contributed by atoms with Gasteiger partial charge in [0.25, 0.3) is 0 Å². The Labute approximate surface area is 149 Å². The average Bonchev–Trinajstić information content (AvgIpc) is 2.65. The van der Waals surface area contributed by atoms with Crippen molar-refractivity contribution in [1.29, 1.82) is 0 Å². The van der Waals surface area contributed by atoms with E-state index in [4.69, 9.17) is 5.11 Å². The zero-order chi connectivity index (χ0) is 18.8. The molecule has 0 fully saturated rings. The van der Waals surface area contributed by atoms with Crippen LogP contribution < -0.4 is 5.32 Å². The summed E-state index contributed by atoms with van der Waals surface area (Å²) in [6.07, 6.45) is -0.0138. The van der Waals surface area contributed by atoms with Crippen molar-refractivity contribution < 1.29 is 24.6 Å². The van der Waals surface area contributed by atoms with Gasteiger partial charge in [0, 0.05) is 11.8 Å². The lowest BCUT2D eigenvalue weighted by Gasteiger charge is -2.34. The largest absolute Gasteiger partial charge is 0.480 e. The lowest BCUT2D eigenvalue weighted by Crippen LogP contribution is -2.51. The summed E-state index contributed by atoms with van der Waals surface area (Å²) in [4.78, 5) is 40.1. The molecule has 3 amide bonds. The van der Waals surface area contributed by atoms with Crippen LogP contribution >= 0.6 is 0 Å². The highest BCUT2D eigenvalue weighted by Crippen LogP contribution is 2.36. The maximum Gasteiger partial charge on any atom is 0.327 e. The van der Waals surface area contributed by atoms with Crippen LogP contribution in [0.2, 0.25) is 0 Å². The quantitative estimate of drug-likeness (QED) is 0.767. The van der Waals surface area contributed by atoms with Crippen molar-refractivity contribution >= 4 is 17.9 Å². The summed E-state index contributed by atoms with van der Waals surface area (Å²) in [7, 11) is 0. The third-order valence-electron chi connectivity index (χ3n) is 4.23. The summed E-state index contributed by atoms with van der Waals surface area (Å²) in [5, 5.41) is 21.2. The molecular formula is C18H17N3O5. The number of aliphatic hydroxyl groups excluding tert-OH is 1. The van der Waals surface area contributed by atoms with E-state index >= 15 is 0 Å². The Morgan fingerprint density at radius 2 is 1.92 bits per heavy atom. The molecule has 2 heterocycles. The fraction of sp³-hybridized carbons (Fsp3) is 0.222. The number of fused-ring (bicyclic) bond motifs is 1. The van der Waals surface area contributed by atoms with Crippen LogP contribution in [0, 0.1) is 0 Å². The van der Waals surface area contributed by atoms with Gasteiger partial charge in [-0.25, -0.2) is 9.69 Å². The molecular weight excluding hydrogens is 338 g/mol. The zero-order valence-electron chi connectivity index (χ0n) is 13.9. The van der Waals surface area contributed by atoms with E-state index in [0.29, 0.717) is 10.5 Å². The van der Waals surface area contributed by atoms with Gasteiger partial charge in [0.2, 0.25) is 5.91 Å². The van der Waals surface area contributed by atoms with E-state index in [-0.39, 0.29) is 5.69 Å².